The fraction of sp³-hybridized carbons (Fsp3) is 0.533. The zero-order chi connectivity index (χ0) is 16.2. The van der Waals surface area contributed by atoms with E-state index in [1.54, 1.807) is 6.92 Å². The van der Waals surface area contributed by atoms with E-state index in [2.05, 4.69) is 5.32 Å². The molecule has 0 aliphatic carbocycles. The Hall–Kier alpha value is -1.62. The Morgan fingerprint density at radius 3 is 2.48 bits per heavy atom. The summed E-state index contributed by atoms with van der Waals surface area (Å²) in [6.07, 6.45) is 0.669. The van der Waals surface area contributed by atoms with Crippen molar-refractivity contribution in [1.82, 2.24) is 5.32 Å². The van der Waals surface area contributed by atoms with E-state index in [1.807, 2.05) is 20.8 Å². The Morgan fingerprint density at radius 1 is 1.43 bits per heavy atom. The number of benzene rings is 1. The molecule has 0 aliphatic rings. The van der Waals surface area contributed by atoms with Gasteiger partial charge in [-0.3, -0.25) is 14.9 Å². The van der Waals surface area contributed by atoms with Crippen LogP contribution in [0.3, 0.4) is 0 Å². The van der Waals surface area contributed by atoms with Crippen molar-refractivity contribution in [3.8, 4) is 0 Å². The Morgan fingerprint density at radius 2 is 2.05 bits per heavy atom. The van der Waals surface area contributed by atoms with Gasteiger partial charge in [-0.15, -0.1) is 11.6 Å². The van der Waals surface area contributed by atoms with Gasteiger partial charge in [0.15, 0.2) is 0 Å². The van der Waals surface area contributed by atoms with Crippen molar-refractivity contribution in [2.45, 2.75) is 40.2 Å². The number of amides is 1. The number of carbonyl (C=O) groups is 1. The van der Waals surface area contributed by atoms with Crippen LogP contribution in [0.15, 0.2) is 18.2 Å². The highest BCUT2D eigenvalue weighted by Crippen LogP contribution is 2.23. The van der Waals surface area contributed by atoms with Crippen LogP contribution in [0.4, 0.5) is 5.69 Å². The minimum atomic E-state index is -0.472. The topological polar surface area (TPSA) is 72.2 Å². The van der Waals surface area contributed by atoms with Crippen LogP contribution >= 0.6 is 11.6 Å². The summed E-state index contributed by atoms with van der Waals surface area (Å²) < 4.78 is 0. The molecule has 0 aliphatic heterocycles. The third-order valence-corrected chi connectivity index (χ3v) is 3.63. The van der Waals surface area contributed by atoms with E-state index in [4.69, 9.17) is 11.6 Å². The SMILES string of the molecule is Cc1cc([N+](=O)[O-])ccc1C(=O)NC(CCCl)C(C)(C)C. The highest BCUT2D eigenvalue weighted by atomic mass is 35.5. The van der Waals surface area contributed by atoms with Crippen molar-refractivity contribution in [2.24, 2.45) is 5.41 Å². The summed E-state index contributed by atoms with van der Waals surface area (Å²) in [6, 6.07) is 4.18. The van der Waals surface area contributed by atoms with Gasteiger partial charge in [0.2, 0.25) is 0 Å². The first-order chi connectivity index (χ1) is 9.66. The number of alkyl halides is 1. The quantitative estimate of drug-likeness (QED) is 0.512. The zero-order valence-electron chi connectivity index (χ0n) is 12.8. The fourth-order valence-corrected chi connectivity index (χ4v) is 2.30. The number of nitrogens with one attached hydrogen (secondary N) is 1. The predicted molar refractivity (Wildman–Crippen MR) is 83.9 cm³/mol. The number of non-ortho nitro benzene ring substituents is 1. The van der Waals surface area contributed by atoms with Gasteiger partial charge in [-0.2, -0.15) is 0 Å². The van der Waals surface area contributed by atoms with E-state index >= 15 is 0 Å². The molecule has 0 bridgehead atoms. The van der Waals surface area contributed by atoms with Crippen molar-refractivity contribution in [3.05, 3.63) is 39.4 Å². The Bertz CT molecular complexity index is 538. The van der Waals surface area contributed by atoms with Crippen LogP contribution < -0.4 is 5.32 Å². The number of hydrogen-bond donors (Lipinski definition) is 1. The highest BCUT2D eigenvalue weighted by Gasteiger charge is 2.26. The van der Waals surface area contributed by atoms with Gasteiger partial charge >= 0.3 is 0 Å². The van der Waals surface area contributed by atoms with Gasteiger partial charge in [0, 0.05) is 29.6 Å². The number of hydrogen-bond acceptors (Lipinski definition) is 3. The van der Waals surface area contributed by atoms with Crippen LogP contribution in [0.2, 0.25) is 0 Å². The van der Waals surface area contributed by atoms with Crippen LogP contribution in [0.25, 0.3) is 0 Å². The van der Waals surface area contributed by atoms with Crippen molar-refractivity contribution in [1.29, 1.82) is 0 Å². The lowest BCUT2D eigenvalue weighted by Gasteiger charge is -2.31. The lowest BCUT2D eigenvalue weighted by atomic mass is 9.85. The Kier molecular flexibility index (Phi) is 5.72. The molecule has 5 nitrogen and oxygen atoms in total. The minimum Gasteiger partial charge on any atom is -0.349 e. The first-order valence-electron chi connectivity index (χ1n) is 6.78. The van der Waals surface area contributed by atoms with Gasteiger partial charge in [0.25, 0.3) is 11.6 Å². The summed E-state index contributed by atoms with van der Waals surface area (Å²) >= 11 is 5.79. The summed E-state index contributed by atoms with van der Waals surface area (Å²) in [7, 11) is 0. The molecule has 1 aromatic rings. The predicted octanol–water partition coefficient (Wildman–Crippen LogP) is 3.68. The van der Waals surface area contributed by atoms with Crippen molar-refractivity contribution in [3.63, 3.8) is 0 Å². The molecular weight excluding hydrogens is 292 g/mol. The highest BCUT2D eigenvalue weighted by molar-refractivity contribution is 6.17. The monoisotopic (exact) mass is 312 g/mol. The maximum Gasteiger partial charge on any atom is 0.269 e. The summed E-state index contributed by atoms with van der Waals surface area (Å²) in [6.45, 7) is 7.79. The van der Waals surface area contributed by atoms with Crippen molar-refractivity contribution in [2.75, 3.05) is 5.88 Å². The molecule has 0 saturated heterocycles. The fourth-order valence-electron chi connectivity index (χ4n) is 2.08. The molecule has 0 heterocycles. The number of rotatable bonds is 5. The van der Waals surface area contributed by atoms with Crippen LogP contribution in [0, 0.1) is 22.5 Å². The molecule has 0 saturated carbocycles. The van der Waals surface area contributed by atoms with E-state index in [-0.39, 0.29) is 23.1 Å². The lowest BCUT2D eigenvalue weighted by Crippen LogP contribution is -2.44. The summed E-state index contributed by atoms with van der Waals surface area (Å²) in [5.41, 5.74) is 0.904. The van der Waals surface area contributed by atoms with E-state index in [9.17, 15) is 14.9 Å². The second kappa shape index (κ2) is 6.89. The standard InChI is InChI=1S/C15H21ClN2O3/c1-10-9-11(18(20)21)5-6-12(10)14(19)17-13(7-8-16)15(2,3)4/h5-6,9,13H,7-8H2,1-4H3,(H,17,19). The van der Waals surface area contributed by atoms with Crippen molar-refractivity contribution < 1.29 is 9.72 Å². The summed E-state index contributed by atoms with van der Waals surface area (Å²) in [4.78, 5) is 22.6. The van der Waals surface area contributed by atoms with Crippen LogP contribution in [-0.2, 0) is 0 Å². The Balaban J connectivity index is 2.95. The smallest absolute Gasteiger partial charge is 0.269 e. The molecular formula is C15H21ClN2O3. The third-order valence-electron chi connectivity index (χ3n) is 3.41. The Labute approximate surface area is 129 Å². The molecule has 0 radical (unpaired) electrons. The number of nitro benzene ring substituents is 1. The molecule has 1 unspecified atom stereocenters. The molecule has 6 heteroatoms. The molecule has 1 aromatic carbocycles. The largest absolute Gasteiger partial charge is 0.349 e. The van der Waals surface area contributed by atoms with Gasteiger partial charge < -0.3 is 5.32 Å². The van der Waals surface area contributed by atoms with Gasteiger partial charge in [0.1, 0.15) is 0 Å². The van der Waals surface area contributed by atoms with Gasteiger partial charge in [-0.1, -0.05) is 20.8 Å². The summed E-state index contributed by atoms with van der Waals surface area (Å²) in [5, 5.41) is 13.7. The third kappa shape index (κ3) is 4.70. The van der Waals surface area contributed by atoms with Gasteiger partial charge in [0.05, 0.1) is 4.92 Å². The first kappa shape index (κ1) is 17.4. The molecule has 1 amide bonds. The number of nitro groups is 1. The first-order valence-corrected chi connectivity index (χ1v) is 7.32. The number of halogens is 1. The van der Waals surface area contributed by atoms with Crippen LogP contribution in [0.5, 0.6) is 0 Å². The van der Waals surface area contributed by atoms with Gasteiger partial charge in [-0.25, -0.2) is 0 Å². The minimum absolute atomic E-state index is 0.0165. The second-order valence-corrected chi connectivity index (χ2v) is 6.50. The van der Waals surface area contributed by atoms with Crippen molar-refractivity contribution >= 4 is 23.2 Å². The van der Waals surface area contributed by atoms with E-state index in [0.29, 0.717) is 23.4 Å². The number of carbonyl (C=O) groups excluding carboxylic acids is 1. The molecule has 0 aromatic heterocycles. The van der Waals surface area contributed by atoms with E-state index in [1.165, 1.54) is 18.2 Å². The normalized spacial score (nSPS) is 12.8. The molecule has 1 atom stereocenters. The molecule has 21 heavy (non-hydrogen) atoms. The average molecular weight is 313 g/mol. The maximum atomic E-state index is 12.4. The van der Waals surface area contributed by atoms with Crippen LogP contribution in [0.1, 0.15) is 43.1 Å². The summed E-state index contributed by atoms with van der Waals surface area (Å²) in [5.74, 6) is 0.231. The average Bonchev–Trinajstić information content (AvgIpc) is 2.36. The zero-order valence-corrected chi connectivity index (χ0v) is 13.5. The second-order valence-electron chi connectivity index (χ2n) is 6.13. The number of aryl methyl sites for hydroxylation is 1. The van der Waals surface area contributed by atoms with E-state index < -0.39 is 4.92 Å². The lowest BCUT2D eigenvalue weighted by molar-refractivity contribution is -0.384. The van der Waals surface area contributed by atoms with E-state index in [0.717, 1.165) is 0 Å². The molecule has 1 N–H and O–H groups in total. The molecule has 0 fully saturated rings. The molecule has 1 rings (SSSR count). The maximum absolute atomic E-state index is 12.4. The molecule has 0 spiro atoms. The van der Waals surface area contributed by atoms with Crippen LogP contribution in [-0.4, -0.2) is 22.8 Å². The number of nitrogens with zero attached hydrogens (tertiary/aromatic N) is 1. The van der Waals surface area contributed by atoms with Gasteiger partial charge in [-0.05, 0) is 30.4 Å². The molecule has 116 valence electrons.